The van der Waals surface area contributed by atoms with Gasteiger partial charge in [0.25, 0.3) is 10.0 Å². The van der Waals surface area contributed by atoms with E-state index in [0.717, 1.165) is 46.4 Å². The van der Waals surface area contributed by atoms with E-state index in [2.05, 4.69) is 19.9 Å². The van der Waals surface area contributed by atoms with Gasteiger partial charge in [0, 0.05) is 18.6 Å². The van der Waals surface area contributed by atoms with Crippen molar-refractivity contribution >= 4 is 26.6 Å². The number of rotatable bonds is 5. The molecule has 31 heavy (non-hydrogen) atoms. The quantitative estimate of drug-likeness (QED) is 0.502. The fourth-order valence-corrected chi connectivity index (χ4v) is 4.24. The Kier molecular flexibility index (Phi) is 4.96. The topological polar surface area (TPSA) is 94.7 Å². The Balaban J connectivity index is 1.72. The number of fused-ring (bicyclic) bond motifs is 1. The van der Waals surface area contributed by atoms with E-state index in [4.69, 9.17) is 0 Å². The number of alkyl halides is 3. The number of benzene rings is 1. The Bertz CT molecular complexity index is 1380. The van der Waals surface area contributed by atoms with Crippen molar-refractivity contribution in [1.82, 2.24) is 24.5 Å². The number of nitrogens with one attached hydrogen (secondary N) is 1. The van der Waals surface area contributed by atoms with Crippen molar-refractivity contribution in [2.24, 2.45) is 7.05 Å². The maximum absolute atomic E-state index is 13.0. The van der Waals surface area contributed by atoms with Gasteiger partial charge in [-0.25, -0.2) is 18.1 Å². The van der Waals surface area contributed by atoms with Gasteiger partial charge in [0.1, 0.15) is 4.90 Å². The zero-order chi connectivity index (χ0) is 22.4. The van der Waals surface area contributed by atoms with E-state index in [1.54, 1.807) is 17.9 Å². The standard InChI is InChI=1S/C19H17F3N6O2S/c1-3-12-4-5-13-9-24-27(2)18(13)17(12)26-31(29,30)15-10-25-28(11-15)16-8-14(6-7-23-16)19(20,21)22/h4-11,26H,3H2,1-2H3. The molecule has 0 fully saturated rings. The van der Waals surface area contributed by atoms with Crippen molar-refractivity contribution in [3.05, 3.63) is 60.2 Å². The van der Waals surface area contributed by atoms with Crippen molar-refractivity contribution in [2.75, 3.05) is 4.72 Å². The highest BCUT2D eigenvalue weighted by atomic mass is 32.2. The van der Waals surface area contributed by atoms with Gasteiger partial charge in [0.15, 0.2) is 5.82 Å². The SMILES string of the molecule is CCc1ccc2cnn(C)c2c1NS(=O)(=O)c1cnn(-c2cc(C(F)(F)F)ccn2)c1. The fraction of sp³-hybridized carbons (Fsp3) is 0.211. The smallest absolute Gasteiger partial charge is 0.277 e. The number of anilines is 1. The molecule has 0 amide bonds. The van der Waals surface area contributed by atoms with Crippen LogP contribution < -0.4 is 4.72 Å². The molecule has 3 aromatic heterocycles. The largest absolute Gasteiger partial charge is 0.416 e. The van der Waals surface area contributed by atoms with E-state index < -0.39 is 21.8 Å². The molecule has 0 atom stereocenters. The highest BCUT2D eigenvalue weighted by molar-refractivity contribution is 7.92. The highest BCUT2D eigenvalue weighted by Gasteiger charge is 2.31. The summed E-state index contributed by atoms with van der Waals surface area (Å²) in [6, 6.07) is 5.30. The summed E-state index contributed by atoms with van der Waals surface area (Å²) in [7, 11) is -2.38. The third-order valence-corrected chi connectivity index (χ3v) is 6.09. The number of sulfonamides is 1. The molecule has 0 unspecified atom stereocenters. The van der Waals surface area contributed by atoms with Crippen LogP contribution in [0, 0.1) is 0 Å². The molecule has 1 N–H and O–H groups in total. The van der Waals surface area contributed by atoms with Crippen LogP contribution in [0.2, 0.25) is 0 Å². The Morgan fingerprint density at radius 3 is 2.61 bits per heavy atom. The normalized spacial score (nSPS) is 12.4. The van der Waals surface area contributed by atoms with Crippen molar-refractivity contribution in [3.8, 4) is 5.82 Å². The number of pyridine rings is 1. The third kappa shape index (κ3) is 3.85. The molecule has 0 saturated heterocycles. The second-order valence-electron chi connectivity index (χ2n) is 6.79. The maximum Gasteiger partial charge on any atom is 0.416 e. The first kappa shape index (κ1) is 20.8. The molecule has 0 radical (unpaired) electrons. The Morgan fingerprint density at radius 2 is 1.90 bits per heavy atom. The first-order chi connectivity index (χ1) is 14.6. The molecule has 8 nitrogen and oxygen atoms in total. The van der Waals surface area contributed by atoms with Gasteiger partial charge in [-0.1, -0.05) is 19.1 Å². The van der Waals surface area contributed by atoms with Gasteiger partial charge in [-0.3, -0.25) is 9.40 Å². The minimum absolute atomic E-state index is 0.153. The number of hydrogen-bond acceptors (Lipinski definition) is 5. The number of aryl methyl sites for hydroxylation is 2. The van der Waals surface area contributed by atoms with Gasteiger partial charge in [0.2, 0.25) is 0 Å². The number of aromatic nitrogens is 5. The summed E-state index contributed by atoms with van der Waals surface area (Å²) in [5.74, 6) is -0.153. The maximum atomic E-state index is 13.0. The summed E-state index contributed by atoms with van der Waals surface area (Å²) >= 11 is 0. The van der Waals surface area contributed by atoms with Crippen molar-refractivity contribution in [1.29, 1.82) is 0 Å². The number of halogens is 3. The van der Waals surface area contributed by atoms with Crippen LogP contribution in [0.1, 0.15) is 18.1 Å². The highest BCUT2D eigenvalue weighted by Crippen LogP contribution is 2.31. The van der Waals surface area contributed by atoms with Crippen molar-refractivity contribution < 1.29 is 21.6 Å². The fourth-order valence-electron chi connectivity index (χ4n) is 3.20. The second-order valence-corrected chi connectivity index (χ2v) is 8.47. The summed E-state index contributed by atoms with van der Waals surface area (Å²) in [5, 5.41) is 8.82. The minimum atomic E-state index is -4.56. The molecule has 4 rings (SSSR count). The van der Waals surface area contributed by atoms with Crippen LogP contribution in [0.3, 0.4) is 0 Å². The van der Waals surface area contributed by atoms with Gasteiger partial charge in [0.05, 0.1) is 35.4 Å². The van der Waals surface area contributed by atoms with Crippen molar-refractivity contribution in [2.45, 2.75) is 24.4 Å². The number of hydrogen-bond donors (Lipinski definition) is 1. The van der Waals surface area contributed by atoms with Gasteiger partial charge >= 0.3 is 6.18 Å². The molecular weight excluding hydrogens is 433 g/mol. The average Bonchev–Trinajstić information content (AvgIpc) is 3.36. The molecule has 0 aliphatic heterocycles. The Morgan fingerprint density at radius 1 is 1.13 bits per heavy atom. The zero-order valence-corrected chi connectivity index (χ0v) is 17.2. The molecule has 0 aliphatic rings. The Labute approximate surface area is 175 Å². The molecule has 0 bridgehead atoms. The zero-order valence-electron chi connectivity index (χ0n) is 16.4. The van der Waals surface area contributed by atoms with Crippen LogP contribution in [0.5, 0.6) is 0 Å². The average molecular weight is 450 g/mol. The number of nitrogens with zero attached hydrogens (tertiary/aromatic N) is 5. The van der Waals surface area contributed by atoms with Crippen LogP contribution in [-0.2, 0) is 29.7 Å². The molecule has 0 spiro atoms. The predicted molar refractivity (Wildman–Crippen MR) is 107 cm³/mol. The van der Waals surface area contributed by atoms with Crippen LogP contribution in [0.4, 0.5) is 18.9 Å². The summed E-state index contributed by atoms with van der Waals surface area (Å²) in [6.07, 6.45) is 0.804. The van der Waals surface area contributed by atoms with E-state index in [9.17, 15) is 21.6 Å². The third-order valence-electron chi connectivity index (χ3n) is 4.78. The monoisotopic (exact) mass is 450 g/mol. The van der Waals surface area contributed by atoms with Gasteiger partial charge in [-0.2, -0.15) is 23.4 Å². The van der Waals surface area contributed by atoms with E-state index in [1.165, 1.54) is 0 Å². The van der Waals surface area contributed by atoms with E-state index in [-0.39, 0.29) is 10.7 Å². The second kappa shape index (κ2) is 7.38. The van der Waals surface area contributed by atoms with Crippen LogP contribution in [0.25, 0.3) is 16.7 Å². The summed E-state index contributed by atoms with van der Waals surface area (Å²) < 4.78 is 70.0. The molecule has 1 aromatic carbocycles. The molecule has 12 heteroatoms. The summed E-state index contributed by atoms with van der Waals surface area (Å²) in [4.78, 5) is 3.63. The first-order valence-corrected chi connectivity index (χ1v) is 10.6. The van der Waals surface area contributed by atoms with Gasteiger partial charge < -0.3 is 0 Å². The lowest BCUT2D eigenvalue weighted by atomic mass is 10.1. The van der Waals surface area contributed by atoms with Crippen LogP contribution >= 0.6 is 0 Å². The first-order valence-electron chi connectivity index (χ1n) is 9.15. The molecule has 0 saturated carbocycles. The van der Waals surface area contributed by atoms with E-state index >= 15 is 0 Å². The molecule has 3 heterocycles. The predicted octanol–water partition coefficient (Wildman–Crippen LogP) is 3.54. The van der Waals surface area contributed by atoms with E-state index in [0.29, 0.717) is 17.6 Å². The molecule has 4 aromatic rings. The summed E-state index contributed by atoms with van der Waals surface area (Å²) in [6.45, 7) is 1.90. The van der Waals surface area contributed by atoms with Gasteiger partial charge in [-0.05, 0) is 24.1 Å². The lowest BCUT2D eigenvalue weighted by molar-refractivity contribution is -0.137. The summed E-state index contributed by atoms with van der Waals surface area (Å²) in [5.41, 5.74) is 0.873. The van der Waals surface area contributed by atoms with Crippen LogP contribution in [0.15, 0.2) is 53.9 Å². The lowest BCUT2D eigenvalue weighted by Crippen LogP contribution is -2.15. The molecular formula is C19H17F3N6O2S. The Hall–Kier alpha value is -3.41. The van der Waals surface area contributed by atoms with Gasteiger partial charge in [-0.15, -0.1) is 0 Å². The lowest BCUT2D eigenvalue weighted by Gasteiger charge is -2.13. The van der Waals surface area contributed by atoms with Crippen LogP contribution in [-0.4, -0.2) is 33.0 Å². The van der Waals surface area contributed by atoms with E-state index in [1.807, 2.05) is 19.1 Å². The molecule has 0 aliphatic carbocycles. The molecule has 162 valence electrons. The minimum Gasteiger partial charge on any atom is -0.277 e. The van der Waals surface area contributed by atoms with Crippen molar-refractivity contribution in [3.63, 3.8) is 0 Å².